The Morgan fingerprint density at radius 2 is 1.89 bits per heavy atom. The smallest absolute Gasteiger partial charge is 0.385 e. The Bertz CT molecular complexity index is 351. The molecule has 0 aliphatic carbocycles. The van der Waals surface area contributed by atoms with Gasteiger partial charge < -0.3 is 15.8 Å². The van der Waals surface area contributed by atoms with Gasteiger partial charge in [-0.2, -0.15) is 13.2 Å². The van der Waals surface area contributed by atoms with E-state index < -0.39 is 11.7 Å². The van der Waals surface area contributed by atoms with Crippen molar-refractivity contribution in [3.05, 3.63) is 29.8 Å². The van der Waals surface area contributed by atoms with Crippen molar-refractivity contribution in [3.63, 3.8) is 0 Å². The molecule has 0 bridgehead atoms. The molecule has 3 nitrogen and oxygen atoms in total. The van der Waals surface area contributed by atoms with Gasteiger partial charge in [-0.05, 0) is 30.7 Å². The fourth-order valence-electron chi connectivity index (χ4n) is 1.50. The summed E-state index contributed by atoms with van der Waals surface area (Å²) in [6.07, 6.45) is -3.60. The summed E-state index contributed by atoms with van der Waals surface area (Å²) in [6, 6.07) is 4.89. The highest BCUT2D eigenvalue weighted by Gasteiger charge is 2.29. The molecule has 1 aromatic carbocycles. The number of hydrogen-bond acceptors (Lipinski definition) is 3. The molecule has 18 heavy (non-hydrogen) atoms. The molecule has 0 saturated carbocycles. The number of methoxy groups -OCH3 is 1. The number of ether oxygens (including phenoxy) is 1. The first-order valence-electron chi connectivity index (χ1n) is 5.60. The minimum absolute atomic E-state index is 0.0123. The zero-order valence-electron chi connectivity index (χ0n) is 10.1. The Balaban J connectivity index is 2.62. The van der Waals surface area contributed by atoms with Gasteiger partial charge in [0.2, 0.25) is 0 Å². The fourth-order valence-corrected chi connectivity index (χ4v) is 1.50. The molecule has 0 spiro atoms. The molecule has 3 N–H and O–H groups in total. The summed E-state index contributed by atoms with van der Waals surface area (Å²) in [5.74, 6) is 0. The maximum absolute atomic E-state index is 12.4. The molecule has 1 unspecified atom stereocenters. The maximum atomic E-state index is 12.4. The van der Waals surface area contributed by atoms with Crippen LogP contribution in [-0.2, 0) is 10.9 Å². The highest BCUT2D eigenvalue weighted by Crippen LogP contribution is 2.29. The van der Waals surface area contributed by atoms with Gasteiger partial charge in [-0.25, -0.2) is 0 Å². The average Bonchev–Trinajstić information content (AvgIpc) is 2.34. The van der Waals surface area contributed by atoms with Gasteiger partial charge in [0.05, 0.1) is 5.56 Å². The van der Waals surface area contributed by atoms with Gasteiger partial charge in [0.15, 0.2) is 0 Å². The quantitative estimate of drug-likeness (QED) is 0.828. The van der Waals surface area contributed by atoms with E-state index in [1.165, 1.54) is 12.1 Å². The standard InChI is InChI=1S/C12H17F3N2O/c1-18-7-6-11(8-16)17-10-4-2-9(3-5-10)12(13,14)15/h2-5,11,17H,6-8,16H2,1H3. The van der Waals surface area contributed by atoms with Crippen molar-refractivity contribution in [2.24, 2.45) is 5.73 Å². The van der Waals surface area contributed by atoms with Crippen molar-refractivity contribution in [1.82, 2.24) is 0 Å². The van der Waals surface area contributed by atoms with Crippen LogP contribution in [0, 0.1) is 0 Å². The van der Waals surface area contributed by atoms with Crippen molar-refractivity contribution in [3.8, 4) is 0 Å². The van der Waals surface area contributed by atoms with Crippen LogP contribution in [0.15, 0.2) is 24.3 Å². The summed E-state index contributed by atoms with van der Waals surface area (Å²) in [5.41, 5.74) is 5.52. The van der Waals surface area contributed by atoms with Gasteiger partial charge in [0.25, 0.3) is 0 Å². The van der Waals surface area contributed by atoms with Crippen LogP contribution >= 0.6 is 0 Å². The molecular formula is C12H17F3N2O. The van der Waals surface area contributed by atoms with Crippen LogP contribution in [0.1, 0.15) is 12.0 Å². The van der Waals surface area contributed by atoms with E-state index in [9.17, 15) is 13.2 Å². The van der Waals surface area contributed by atoms with E-state index in [2.05, 4.69) is 5.32 Å². The van der Waals surface area contributed by atoms with Crippen LogP contribution in [0.25, 0.3) is 0 Å². The predicted molar refractivity (Wildman–Crippen MR) is 64.4 cm³/mol. The second-order valence-electron chi connectivity index (χ2n) is 3.93. The Hall–Kier alpha value is -1.27. The van der Waals surface area contributed by atoms with Gasteiger partial charge in [-0.3, -0.25) is 0 Å². The Morgan fingerprint density at radius 3 is 2.33 bits per heavy atom. The molecule has 0 radical (unpaired) electrons. The number of halogens is 3. The van der Waals surface area contributed by atoms with Crippen molar-refractivity contribution >= 4 is 5.69 Å². The molecule has 0 saturated heterocycles. The summed E-state index contributed by atoms with van der Waals surface area (Å²) in [4.78, 5) is 0. The number of hydrogen-bond donors (Lipinski definition) is 2. The van der Waals surface area contributed by atoms with Crippen molar-refractivity contribution in [2.45, 2.75) is 18.6 Å². The molecule has 102 valence electrons. The summed E-state index contributed by atoms with van der Waals surface area (Å²) in [5, 5.41) is 3.07. The highest BCUT2D eigenvalue weighted by molar-refractivity contribution is 5.46. The summed E-state index contributed by atoms with van der Waals surface area (Å²) < 4.78 is 42.0. The van der Waals surface area contributed by atoms with Gasteiger partial charge in [-0.1, -0.05) is 0 Å². The lowest BCUT2D eigenvalue weighted by molar-refractivity contribution is -0.137. The molecular weight excluding hydrogens is 245 g/mol. The zero-order valence-corrected chi connectivity index (χ0v) is 10.1. The average molecular weight is 262 g/mol. The number of nitrogens with one attached hydrogen (secondary N) is 1. The van der Waals surface area contributed by atoms with E-state index in [-0.39, 0.29) is 6.04 Å². The second kappa shape index (κ2) is 6.61. The molecule has 0 fully saturated rings. The third kappa shape index (κ3) is 4.54. The Kier molecular flexibility index (Phi) is 5.43. The number of rotatable bonds is 6. The molecule has 0 aliphatic rings. The summed E-state index contributed by atoms with van der Waals surface area (Å²) in [6.45, 7) is 0.944. The second-order valence-corrected chi connectivity index (χ2v) is 3.93. The number of anilines is 1. The largest absolute Gasteiger partial charge is 0.416 e. The van der Waals surface area contributed by atoms with Gasteiger partial charge in [0.1, 0.15) is 0 Å². The Labute approximate surface area is 104 Å². The summed E-state index contributed by atoms with van der Waals surface area (Å²) >= 11 is 0. The van der Waals surface area contributed by atoms with E-state index in [0.717, 1.165) is 12.1 Å². The molecule has 6 heteroatoms. The molecule has 0 amide bonds. The van der Waals surface area contributed by atoms with Crippen LogP contribution in [-0.4, -0.2) is 26.3 Å². The SMILES string of the molecule is COCCC(CN)Nc1ccc(C(F)(F)F)cc1. The number of benzene rings is 1. The van der Waals surface area contributed by atoms with Crippen LogP contribution in [0.5, 0.6) is 0 Å². The lowest BCUT2D eigenvalue weighted by Gasteiger charge is -2.18. The van der Waals surface area contributed by atoms with Gasteiger partial charge in [0, 0.05) is 32.0 Å². The lowest BCUT2D eigenvalue weighted by atomic mass is 10.1. The van der Waals surface area contributed by atoms with Crippen molar-refractivity contribution < 1.29 is 17.9 Å². The third-order valence-corrected chi connectivity index (χ3v) is 2.54. The molecule has 0 aromatic heterocycles. The van der Waals surface area contributed by atoms with Gasteiger partial charge in [-0.15, -0.1) is 0 Å². The molecule has 0 aliphatic heterocycles. The minimum atomic E-state index is -4.30. The van der Waals surface area contributed by atoms with Crippen molar-refractivity contribution in [2.75, 3.05) is 25.6 Å². The van der Waals surface area contributed by atoms with Crippen LogP contribution in [0.2, 0.25) is 0 Å². The monoisotopic (exact) mass is 262 g/mol. The van der Waals surface area contributed by atoms with Crippen LogP contribution < -0.4 is 11.1 Å². The van der Waals surface area contributed by atoms with Gasteiger partial charge >= 0.3 is 6.18 Å². The van der Waals surface area contributed by atoms with E-state index in [1.807, 2.05) is 0 Å². The normalized spacial score (nSPS) is 13.4. The van der Waals surface area contributed by atoms with E-state index in [1.54, 1.807) is 7.11 Å². The molecule has 1 rings (SSSR count). The highest BCUT2D eigenvalue weighted by atomic mass is 19.4. The number of alkyl halides is 3. The first kappa shape index (κ1) is 14.8. The summed E-state index contributed by atoms with van der Waals surface area (Å²) in [7, 11) is 1.59. The molecule has 1 atom stereocenters. The van der Waals surface area contributed by atoms with Crippen LogP contribution in [0.3, 0.4) is 0 Å². The zero-order chi connectivity index (χ0) is 13.6. The fraction of sp³-hybridized carbons (Fsp3) is 0.500. The lowest BCUT2D eigenvalue weighted by Crippen LogP contribution is -2.30. The number of nitrogens with two attached hydrogens (primary N) is 1. The van der Waals surface area contributed by atoms with Crippen LogP contribution in [0.4, 0.5) is 18.9 Å². The van der Waals surface area contributed by atoms with E-state index in [4.69, 9.17) is 10.5 Å². The van der Waals surface area contributed by atoms with E-state index in [0.29, 0.717) is 25.3 Å². The predicted octanol–water partition coefficient (Wildman–Crippen LogP) is 2.48. The molecule has 0 heterocycles. The first-order chi connectivity index (χ1) is 8.47. The Morgan fingerprint density at radius 1 is 1.28 bits per heavy atom. The third-order valence-electron chi connectivity index (χ3n) is 2.54. The van der Waals surface area contributed by atoms with Crippen molar-refractivity contribution in [1.29, 1.82) is 0 Å². The topological polar surface area (TPSA) is 47.3 Å². The first-order valence-corrected chi connectivity index (χ1v) is 5.60. The maximum Gasteiger partial charge on any atom is 0.416 e. The minimum Gasteiger partial charge on any atom is -0.385 e. The molecule has 1 aromatic rings. The van der Waals surface area contributed by atoms with E-state index >= 15 is 0 Å².